The molecule has 1 aliphatic rings. The Labute approximate surface area is 109 Å². The Morgan fingerprint density at radius 2 is 1.83 bits per heavy atom. The number of nitrogens with zero attached hydrogens (tertiary/aromatic N) is 2. The molecule has 0 atom stereocenters. The summed E-state index contributed by atoms with van der Waals surface area (Å²) in [6, 6.07) is 0.511. The second-order valence-corrected chi connectivity index (χ2v) is 5.92. The van der Waals surface area contributed by atoms with E-state index in [1.807, 2.05) is 6.92 Å². The lowest BCUT2D eigenvalue weighted by molar-refractivity contribution is 0.232. The van der Waals surface area contributed by atoms with Crippen molar-refractivity contribution in [2.24, 2.45) is 11.3 Å². The minimum atomic E-state index is 0.489. The molecule has 1 heterocycles. The third-order valence-electron chi connectivity index (χ3n) is 3.90. The number of aromatic nitrogens is 2. The predicted molar refractivity (Wildman–Crippen MR) is 74.2 cm³/mol. The smallest absolute Gasteiger partial charge is 0.148 e. The molecule has 0 amide bonds. The molecule has 1 aliphatic carbocycles. The molecule has 1 fully saturated rings. The Morgan fingerprint density at radius 3 is 2.44 bits per heavy atom. The molecular weight excluding hydrogens is 226 g/mol. The maximum absolute atomic E-state index is 5.42. The second-order valence-electron chi connectivity index (χ2n) is 5.92. The van der Waals surface area contributed by atoms with Crippen LogP contribution < -0.4 is 16.6 Å². The lowest BCUT2D eigenvalue weighted by Crippen LogP contribution is -2.30. The van der Waals surface area contributed by atoms with Gasteiger partial charge >= 0.3 is 0 Å². The molecular formula is C13H23N5. The Bertz CT molecular complexity index is 406. The van der Waals surface area contributed by atoms with Crippen LogP contribution in [0.25, 0.3) is 0 Å². The van der Waals surface area contributed by atoms with Gasteiger partial charge in [0, 0.05) is 11.6 Å². The summed E-state index contributed by atoms with van der Waals surface area (Å²) in [7, 11) is 0. The summed E-state index contributed by atoms with van der Waals surface area (Å²) in [5.74, 6) is 7.00. The van der Waals surface area contributed by atoms with Crippen LogP contribution in [0, 0.1) is 12.3 Å². The van der Waals surface area contributed by atoms with E-state index in [1.54, 1.807) is 0 Å². The van der Waals surface area contributed by atoms with Crippen LogP contribution in [0.2, 0.25) is 0 Å². The van der Waals surface area contributed by atoms with Crippen LogP contribution in [-0.2, 0) is 0 Å². The standard InChI is InChI=1S/C13H23N5/c1-9-11(15-8-16-12(9)18-14)17-10-4-6-13(2,3)7-5-10/h8,10H,4-7,14H2,1-3H3,(H2,15,16,17,18). The van der Waals surface area contributed by atoms with Crippen LogP contribution in [0.5, 0.6) is 0 Å². The molecule has 0 radical (unpaired) electrons. The molecule has 1 saturated carbocycles. The van der Waals surface area contributed by atoms with Crippen molar-refractivity contribution < 1.29 is 0 Å². The highest BCUT2D eigenvalue weighted by atomic mass is 15.3. The molecule has 0 bridgehead atoms. The van der Waals surface area contributed by atoms with Gasteiger partial charge in [-0.15, -0.1) is 0 Å². The van der Waals surface area contributed by atoms with E-state index in [-0.39, 0.29) is 0 Å². The van der Waals surface area contributed by atoms with Crippen molar-refractivity contribution in [1.29, 1.82) is 0 Å². The number of hydrogen-bond acceptors (Lipinski definition) is 5. The highest BCUT2D eigenvalue weighted by Crippen LogP contribution is 2.36. The van der Waals surface area contributed by atoms with Gasteiger partial charge in [0.05, 0.1) is 0 Å². The van der Waals surface area contributed by atoms with Crippen LogP contribution in [0.15, 0.2) is 6.33 Å². The van der Waals surface area contributed by atoms with Gasteiger partial charge in [-0.2, -0.15) is 0 Å². The molecule has 1 aromatic heterocycles. The molecule has 0 spiro atoms. The minimum Gasteiger partial charge on any atom is -0.367 e. The Morgan fingerprint density at radius 1 is 1.22 bits per heavy atom. The van der Waals surface area contributed by atoms with E-state index in [9.17, 15) is 0 Å². The molecule has 0 aromatic carbocycles. The molecule has 0 saturated heterocycles. The SMILES string of the molecule is Cc1c(NN)ncnc1NC1CCC(C)(C)CC1. The molecule has 0 unspecified atom stereocenters. The molecule has 4 N–H and O–H groups in total. The van der Waals surface area contributed by atoms with Crippen molar-refractivity contribution in [2.45, 2.75) is 52.5 Å². The third-order valence-corrected chi connectivity index (χ3v) is 3.90. The molecule has 100 valence electrons. The summed E-state index contributed by atoms with van der Waals surface area (Å²) in [4.78, 5) is 8.39. The highest BCUT2D eigenvalue weighted by Gasteiger charge is 2.27. The van der Waals surface area contributed by atoms with Crippen LogP contribution in [0.1, 0.15) is 45.1 Å². The van der Waals surface area contributed by atoms with Crippen LogP contribution in [0.3, 0.4) is 0 Å². The highest BCUT2D eigenvalue weighted by molar-refractivity contribution is 5.56. The first-order chi connectivity index (χ1) is 8.52. The van der Waals surface area contributed by atoms with E-state index in [1.165, 1.54) is 32.0 Å². The molecule has 1 aromatic rings. The first-order valence-corrected chi connectivity index (χ1v) is 6.56. The maximum atomic E-state index is 5.42. The van der Waals surface area contributed by atoms with Crippen molar-refractivity contribution in [1.82, 2.24) is 9.97 Å². The number of hydrazine groups is 1. The summed E-state index contributed by atoms with van der Waals surface area (Å²) in [5, 5.41) is 3.51. The van der Waals surface area contributed by atoms with Crippen molar-refractivity contribution in [2.75, 3.05) is 10.7 Å². The first-order valence-electron chi connectivity index (χ1n) is 6.56. The van der Waals surface area contributed by atoms with Crippen LogP contribution in [0.4, 0.5) is 11.6 Å². The second kappa shape index (κ2) is 5.10. The summed E-state index contributed by atoms with van der Waals surface area (Å²) in [6.45, 7) is 6.66. The van der Waals surface area contributed by atoms with Crippen LogP contribution in [-0.4, -0.2) is 16.0 Å². The predicted octanol–water partition coefficient (Wildman–Crippen LogP) is 2.45. The summed E-state index contributed by atoms with van der Waals surface area (Å²) < 4.78 is 0. The number of rotatable bonds is 3. The lowest BCUT2D eigenvalue weighted by atomic mass is 9.75. The zero-order valence-electron chi connectivity index (χ0n) is 11.5. The fourth-order valence-corrected chi connectivity index (χ4v) is 2.48. The van der Waals surface area contributed by atoms with Crippen LogP contribution >= 0.6 is 0 Å². The zero-order chi connectivity index (χ0) is 13.2. The number of anilines is 2. The number of nitrogens with one attached hydrogen (secondary N) is 2. The molecule has 5 heteroatoms. The lowest BCUT2D eigenvalue weighted by Gasteiger charge is -2.35. The third kappa shape index (κ3) is 2.90. The molecule has 0 aliphatic heterocycles. The van der Waals surface area contributed by atoms with Gasteiger partial charge in [0.2, 0.25) is 0 Å². The Hall–Kier alpha value is -1.36. The first kappa shape index (κ1) is 13.1. The molecule has 2 rings (SSSR count). The Balaban J connectivity index is 2.02. The van der Waals surface area contributed by atoms with Crippen molar-refractivity contribution in [3.63, 3.8) is 0 Å². The van der Waals surface area contributed by atoms with E-state index in [0.717, 1.165) is 11.4 Å². The fraction of sp³-hybridized carbons (Fsp3) is 0.692. The van der Waals surface area contributed by atoms with Crippen molar-refractivity contribution >= 4 is 11.6 Å². The summed E-state index contributed by atoms with van der Waals surface area (Å²) >= 11 is 0. The van der Waals surface area contributed by atoms with Gasteiger partial charge in [0.15, 0.2) is 0 Å². The van der Waals surface area contributed by atoms with Gasteiger partial charge in [-0.05, 0) is 38.0 Å². The largest absolute Gasteiger partial charge is 0.367 e. The minimum absolute atomic E-state index is 0.489. The maximum Gasteiger partial charge on any atom is 0.148 e. The Kier molecular flexibility index (Phi) is 3.71. The molecule has 5 nitrogen and oxygen atoms in total. The van der Waals surface area contributed by atoms with E-state index in [2.05, 4.69) is 34.6 Å². The average molecular weight is 249 g/mol. The van der Waals surface area contributed by atoms with Gasteiger partial charge in [-0.1, -0.05) is 13.8 Å². The zero-order valence-corrected chi connectivity index (χ0v) is 11.5. The quantitative estimate of drug-likeness (QED) is 0.566. The van der Waals surface area contributed by atoms with E-state index < -0.39 is 0 Å². The van der Waals surface area contributed by atoms with Gasteiger partial charge in [0.25, 0.3) is 0 Å². The number of nitrogen functional groups attached to an aromatic ring is 1. The summed E-state index contributed by atoms with van der Waals surface area (Å²) in [6.07, 6.45) is 6.45. The summed E-state index contributed by atoms with van der Waals surface area (Å²) in [5.41, 5.74) is 4.06. The number of hydrogen-bond donors (Lipinski definition) is 3. The van der Waals surface area contributed by atoms with E-state index in [4.69, 9.17) is 5.84 Å². The van der Waals surface area contributed by atoms with Gasteiger partial charge in [-0.3, -0.25) is 0 Å². The van der Waals surface area contributed by atoms with Crippen molar-refractivity contribution in [3.05, 3.63) is 11.9 Å². The average Bonchev–Trinajstić information content (AvgIpc) is 2.34. The van der Waals surface area contributed by atoms with Gasteiger partial charge < -0.3 is 10.7 Å². The van der Waals surface area contributed by atoms with Crippen molar-refractivity contribution in [3.8, 4) is 0 Å². The topological polar surface area (TPSA) is 75.9 Å². The molecule has 18 heavy (non-hydrogen) atoms. The van der Waals surface area contributed by atoms with Gasteiger partial charge in [0.1, 0.15) is 18.0 Å². The fourth-order valence-electron chi connectivity index (χ4n) is 2.48. The number of nitrogens with two attached hydrogens (primary N) is 1. The van der Waals surface area contributed by atoms with E-state index in [0.29, 0.717) is 17.3 Å². The van der Waals surface area contributed by atoms with E-state index >= 15 is 0 Å². The normalized spacial score (nSPS) is 19.6. The monoisotopic (exact) mass is 249 g/mol. The van der Waals surface area contributed by atoms with Gasteiger partial charge in [-0.25, -0.2) is 15.8 Å².